The Morgan fingerprint density at radius 3 is 2.45 bits per heavy atom. The van der Waals surface area contributed by atoms with Crippen molar-refractivity contribution in [2.75, 3.05) is 0 Å². The molecular formula is C15H12BrNO3. The number of halogens is 1. The normalized spacial score (nSPS) is 10.3. The quantitative estimate of drug-likeness (QED) is 0.481. The van der Waals surface area contributed by atoms with Crippen LogP contribution in [0, 0.1) is 17.0 Å². The molecular weight excluding hydrogens is 322 g/mol. The number of hydrogen-bond donors (Lipinski definition) is 0. The second-order valence-corrected chi connectivity index (χ2v) is 5.40. The molecule has 0 aliphatic carbocycles. The van der Waals surface area contributed by atoms with E-state index in [1.807, 2.05) is 19.1 Å². The van der Waals surface area contributed by atoms with Crippen molar-refractivity contribution < 1.29 is 9.72 Å². The van der Waals surface area contributed by atoms with Gasteiger partial charge in [-0.15, -0.1) is 0 Å². The van der Waals surface area contributed by atoms with Gasteiger partial charge in [0.2, 0.25) is 0 Å². The summed E-state index contributed by atoms with van der Waals surface area (Å²) in [5.41, 5.74) is 2.37. The maximum Gasteiger partial charge on any atom is 0.269 e. The SMILES string of the molecule is Cc1ccc(Br)cc1C(=O)Cc1ccc([N+](=O)[O-])cc1. The van der Waals surface area contributed by atoms with Gasteiger partial charge >= 0.3 is 0 Å². The lowest BCUT2D eigenvalue weighted by molar-refractivity contribution is -0.384. The summed E-state index contributed by atoms with van der Waals surface area (Å²) in [6, 6.07) is 11.6. The van der Waals surface area contributed by atoms with Gasteiger partial charge in [-0.3, -0.25) is 14.9 Å². The standard InChI is InChI=1S/C15H12BrNO3/c1-10-2-5-12(16)9-14(10)15(18)8-11-3-6-13(7-4-11)17(19)20/h2-7,9H,8H2,1H3. The van der Waals surface area contributed by atoms with E-state index in [0.29, 0.717) is 5.56 Å². The summed E-state index contributed by atoms with van der Waals surface area (Å²) in [6.45, 7) is 1.88. The number of nitro groups is 1. The molecule has 102 valence electrons. The molecule has 20 heavy (non-hydrogen) atoms. The summed E-state index contributed by atoms with van der Waals surface area (Å²) in [5.74, 6) is -0.00217. The molecule has 0 bridgehead atoms. The van der Waals surface area contributed by atoms with Crippen LogP contribution in [0.5, 0.6) is 0 Å². The summed E-state index contributed by atoms with van der Waals surface area (Å²) in [7, 11) is 0. The topological polar surface area (TPSA) is 60.2 Å². The first-order valence-corrected chi connectivity index (χ1v) is 6.79. The molecule has 2 aromatic carbocycles. The summed E-state index contributed by atoms with van der Waals surface area (Å²) in [4.78, 5) is 22.4. The molecule has 0 aromatic heterocycles. The largest absolute Gasteiger partial charge is 0.294 e. The molecule has 0 heterocycles. The number of aryl methyl sites for hydroxylation is 1. The highest BCUT2D eigenvalue weighted by molar-refractivity contribution is 9.10. The highest BCUT2D eigenvalue weighted by Crippen LogP contribution is 2.19. The molecule has 4 nitrogen and oxygen atoms in total. The maximum atomic E-state index is 12.3. The monoisotopic (exact) mass is 333 g/mol. The molecule has 2 aromatic rings. The van der Waals surface area contributed by atoms with Crippen LogP contribution < -0.4 is 0 Å². The summed E-state index contributed by atoms with van der Waals surface area (Å²) >= 11 is 3.35. The van der Waals surface area contributed by atoms with Crippen molar-refractivity contribution in [3.05, 3.63) is 73.7 Å². The summed E-state index contributed by atoms with van der Waals surface area (Å²) < 4.78 is 0.857. The first kappa shape index (κ1) is 14.4. The fourth-order valence-electron chi connectivity index (χ4n) is 1.91. The van der Waals surface area contributed by atoms with Crippen LogP contribution in [0.3, 0.4) is 0 Å². The lowest BCUT2D eigenvalue weighted by Crippen LogP contribution is -2.05. The van der Waals surface area contributed by atoms with Crippen molar-refractivity contribution in [3.63, 3.8) is 0 Å². The molecule has 0 aliphatic heterocycles. The molecule has 0 saturated carbocycles. The molecule has 0 amide bonds. The third-order valence-corrected chi connectivity index (χ3v) is 3.51. The molecule has 0 fully saturated rings. The van der Waals surface area contributed by atoms with Gasteiger partial charge < -0.3 is 0 Å². The predicted molar refractivity (Wildman–Crippen MR) is 80.0 cm³/mol. The number of benzene rings is 2. The Bertz CT molecular complexity index is 665. The van der Waals surface area contributed by atoms with Crippen LogP contribution in [-0.2, 0) is 6.42 Å². The van der Waals surface area contributed by atoms with Crippen LogP contribution in [0.15, 0.2) is 46.9 Å². The Labute approximate surface area is 124 Å². The smallest absolute Gasteiger partial charge is 0.269 e. The number of hydrogen-bond acceptors (Lipinski definition) is 3. The predicted octanol–water partition coefficient (Wildman–Crippen LogP) is 4.09. The van der Waals surface area contributed by atoms with Gasteiger partial charge in [-0.25, -0.2) is 0 Å². The zero-order chi connectivity index (χ0) is 14.7. The minimum atomic E-state index is -0.454. The average Bonchev–Trinajstić information content (AvgIpc) is 2.42. The van der Waals surface area contributed by atoms with Crippen LogP contribution in [0.4, 0.5) is 5.69 Å². The molecule has 5 heteroatoms. The molecule has 0 atom stereocenters. The van der Waals surface area contributed by atoms with Gasteiger partial charge in [-0.05, 0) is 30.2 Å². The number of carbonyl (C=O) groups is 1. The zero-order valence-corrected chi connectivity index (χ0v) is 12.4. The molecule has 0 radical (unpaired) electrons. The van der Waals surface area contributed by atoms with E-state index >= 15 is 0 Å². The first-order chi connectivity index (χ1) is 9.47. The molecule has 0 unspecified atom stereocenters. The van der Waals surface area contributed by atoms with Crippen LogP contribution in [-0.4, -0.2) is 10.7 Å². The Morgan fingerprint density at radius 1 is 1.20 bits per heavy atom. The summed E-state index contributed by atoms with van der Waals surface area (Å²) in [5, 5.41) is 10.6. The van der Waals surface area contributed by atoms with Crippen molar-refractivity contribution in [1.29, 1.82) is 0 Å². The van der Waals surface area contributed by atoms with Gasteiger partial charge in [0.15, 0.2) is 5.78 Å². The molecule has 0 aliphatic rings. The van der Waals surface area contributed by atoms with Gasteiger partial charge in [0.1, 0.15) is 0 Å². The Hall–Kier alpha value is -2.01. The van der Waals surface area contributed by atoms with Crippen molar-refractivity contribution in [2.24, 2.45) is 0 Å². The molecule has 0 N–H and O–H groups in total. The minimum absolute atomic E-state index is 0.00217. The zero-order valence-electron chi connectivity index (χ0n) is 10.8. The number of nitro benzene ring substituents is 1. The van der Waals surface area contributed by atoms with E-state index in [1.165, 1.54) is 12.1 Å². The molecule has 0 spiro atoms. The number of carbonyl (C=O) groups excluding carboxylic acids is 1. The van der Waals surface area contributed by atoms with Crippen LogP contribution in [0.1, 0.15) is 21.5 Å². The summed E-state index contributed by atoms with van der Waals surface area (Å²) in [6.07, 6.45) is 0.231. The van der Waals surface area contributed by atoms with E-state index in [9.17, 15) is 14.9 Å². The fraction of sp³-hybridized carbons (Fsp3) is 0.133. The molecule has 2 rings (SSSR count). The van der Waals surface area contributed by atoms with Gasteiger partial charge in [0.25, 0.3) is 5.69 Å². The Morgan fingerprint density at radius 2 is 1.85 bits per heavy atom. The lowest BCUT2D eigenvalue weighted by Gasteiger charge is -2.06. The van der Waals surface area contributed by atoms with Gasteiger partial charge in [-0.1, -0.05) is 34.1 Å². The average molecular weight is 334 g/mol. The number of nitrogens with zero attached hydrogens (tertiary/aromatic N) is 1. The van der Waals surface area contributed by atoms with Crippen LogP contribution in [0.2, 0.25) is 0 Å². The lowest BCUT2D eigenvalue weighted by atomic mass is 9.99. The second-order valence-electron chi connectivity index (χ2n) is 4.48. The Balaban J connectivity index is 2.19. The van der Waals surface area contributed by atoms with E-state index in [4.69, 9.17) is 0 Å². The number of ketones is 1. The third kappa shape index (κ3) is 3.30. The fourth-order valence-corrected chi connectivity index (χ4v) is 2.27. The van der Waals surface area contributed by atoms with Crippen molar-refractivity contribution in [3.8, 4) is 0 Å². The number of rotatable bonds is 4. The van der Waals surface area contributed by atoms with E-state index in [-0.39, 0.29) is 17.9 Å². The minimum Gasteiger partial charge on any atom is -0.294 e. The van der Waals surface area contributed by atoms with Gasteiger partial charge in [0, 0.05) is 28.6 Å². The maximum absolute atomic E-state index is 12.3. The third-order valence-electron chi connectivity index (χ3n) is 3.01. The molecule has 0 saturated heterocycles. The van der Waals surface area contributed by atoms with Crippen molar-refractivity contribution in [2.45, 2.75) is 13.3 Å². The van der Waals surface area contributed by atoms with Gasteiger partial charge in [0.05, 0.1) is 4.92 Å². The second kappa shape index (κ2) is 5.96. The van der Waals surface area contributed by atoms with Crippen molar-refractivity contribution in [1.82, 2.24) is 0 Å². The van der Waals surface area contributed by atoms with E-state index in [2.05, 4.69) is 15.9 Å². The van der Waals surface area contributed by atoms with Crippen LogP contribution >= 0.6 is 15.9 Å². The van der Waals surface area contributed by atoms with Crippen LogP contribution in [0.25, 0.3) is 0 Å². The van der Waals surface area contributed by atoms with E-state index in [1.54, 1.807) is 18.2 Å². The number of Topliss-reactive ketones (excluding diaryl/α,β-unsaturated/α-hetero) is 1. The Kier molecular flexibility index (Phi) is 4.29. The highest BCUT2D eigenvalue weighted by Gasteiger charge is 2.11. The van der Waals surface area contributed by atoms with E-state index < -0.39 is 4.92 Å². The van der Waals surface area contributed by atoms with E-state index in [0.717, 1.165) is 15.6 Å². The first-order valence-electron chi connectivity index (χ1n) is 6.00. The van der Waals surface area contributed by atoms with Crippen molar-refractivity contribution >= 4 is 27.4 Å². The van der Waals surface area contributed by atoms with Gasteiger partial charge in [-0.2, -0.15) is 0 Å². The number of non-ortho nitro benzene ring substituents is 1. The highest BCUT2D eigenvalue weighted by atomic mass is 79.9.